The second-order valence-corrected chi connectivity index (χ2v) is 6.60. The van der Waals surface area contributed by atoms with Crippen LogP contribution in [-0.4, -0.2) is 44.0 Å². The first-order chi connectivity index (χ1) is 13.4. The van der Waals surface area contributed by atoms with Crippen molar-refractivity contribution in [1.29, 1.82) is 0 Å². The SMILES string of the molecule is C1=NCCN1c1ccc(-c2cc(-c3ccc(N4C=NCC4)cc3)on2)cc1.Cl.Cl. The maximum Gasteiger partial charge on any atom is 0.167 e. The van der Waals surface area contributed by atoms with Crippen molar-refractivity contribution in [1.82, 2.24) is 5.16 Å². The Labute approximate surface area is 181 Å². The summed E-state index contributed by atoms with van der Waals surface area (Å²) >= 11 is 0. The Balaban J connectivity index is 0.00000120. The first-order valence-corrected chi connectivity index (χ1v) is 9.08. The molecule has 0 fully saturated rings. The highest BCUT2D eigenvalue weighted by Gasteiger charge is 2.12. The summed E-state index contributed by atoms with van der Waals surface area (Å²) in [5, 5.41) is 4.24. The number of aromatic nitrogens is 1. The lowest BCUT2D eigenvalue weighted by atomic mass is 10.1. The van der Waals surface area contributed by atoms with E-state index >= 15 is 0 Å². The van der Waals surface area contributed by atoms with Gasteiger partial charge in [-0.05, 0) is 36.4 Å². The summed E-state index contributed by atoms with van der Waals surface area (Å²) < 4.78 is 5.58. The number of aliphatic imine (C=N–C) groups is 2. The molecule has 0 aliphatic carbocycles. The van der Waals surface area contributed by atoms with Gasteiger partial charge >= 0.3 is 0 Å². The molecule has 0 atom stereocenters. The minimum atomic E-state index is 0. The predicted octanol–water partition coefficient (Wildman–Crippen LogP) is 4.55. The van der Waals surface area contributed by atoms with Crippen LogP contribution in [0.25, 0.3) is 22.6 Å². The first kappa shape index (κ1) is 20.9. The van der Waals surface area contributed by atoms with Crippen molar-refractivity contribution in [2.45, 2.75) is 0 Å². The van der Waals surface area contributed by atoms with Crippen LogP contribution in [0.2, 0.25) is 0 Å². The van der Waals surface area contributed by atoms with Crippen LogP contribution in [0.5, 0.6) is 0 Å². The van der Waals surface area contributed by atoms with Crippen LogP contribution < -0.4 is 9.80 Å². The monoisotopic (exact) mass is 429 g/mol. The lowest BCUT2D eigenvalue weighted by Gasteiger charge is -2.13. The van der Waals surface area contributed by atoms with E-state index in [9.17, 15) is 0 Å². The van der Waals surface area contributed by atoms with Gasteiger partial charge in [-0.3, -0.25) is 9.98 Å². The van der Waals surface area contributed by atoms with Crippen LogP contribution in [0.1, 0.15) is 0 Å². The fourth-order valence-corrected chi connectivity index (χ4v) is 3.34. The van der Waals surface area contributed by atoms with Crippen molar-refractivity contribution in [3.05, 3.63) is 54.6 Å². The predicted molar refractivity (Wildman–Crippen MR) is 123 cm³/mol. The van der Waals surface area contributed by atoms with Gasteiger partial charge in [-0.2, -0.15) is 0 Å². The van der Waals surface area contributed by atoms with Crippen molar-refractivity contribution in [3.8, 4) is 22.6 Å². The molecule has 0 bridgehead atoms. The van der Waals surface area contributed by atoms with Crippen LogP contribution in [0.3, 0.4) is 0 Å². The number of hydrogen-bond donors (Lipinski definition) is 0. The molecule has 0 saturated carbocycles. The molecule has 8 heteroatoms. The van der Waals surface area contributed by atoms with Gasteiger partial charge in [-0.25, -0.2) is 0 Å². The molecule has 3 aromatic rings. The third kappa shape index (κ3) is 4.28. The molecule has 29 heavy (non-hydrogen) atoms. The third-order valence-electron chi connectivity index (χ3n) is 4.87. The summed E-state index contributed by atoms with van der Waals surface area (Å²) in [4.78, 5) is 12.8. The van der Waals surface area contributed by atoms with Crippen molar-refractivity contribution in [2.75, 3.05) is 36.0 Å². The maximum absolute atomic E-state index is 5.58. The Morgan fingerprint density at radius 2 is 1.21 bits per heavy atom. The Morgan fingerprint density at radius 3 is 1.69 bits per heavy atom. The van der Waals surface area contributed by atoms with E-state index in [0.717, 1.165) is 60.1 Å². The van der Waals surface area contributed by atoms with E-state index in [1.807, 2.05) is 18.7 Å². The highest BCUT2D eigenvalue weighted by Crippen LogP contribution is 2.29. The van der Waals surface area contributed by atoms with Gasteiger partial charge in [0, 0.05) is 41.7 Å². The molecule has 150 valence electrons. The molecule has 2 aliphatic heterocycles. The molecule has 1 aromatic heterocycles. The van der Waals surface area contributed by atoms with Crippen LogP contribution in [-0.2, 0) is 0 Å². The quantitative estimate of drug-likeness (QED) is 0.610. The van der Waals surface area contributed by atoms with Gasteiger partial charge in [0.25, 0.3) is 0 Å². The first-order valence-electron chi connectivity index (χ1n) is 9.08. The fourth-order valence-electron chi connectivity index (χ4n) is 3.34. The Hall–Kier alpha value is -2.83. The molecule has 0 spiro atoms. The fraction of sp³-hybridized carbons (Fsp3) is 0.190. The highest BCUT2D eigenvalue weighted by atomic mass is 35.5. The molecule has 0 unspecified atom stereocenters. The maximum atomic E-state index is 5.58. The van der Waals surface area contributed by atoms with Gasteiger partial charge < -0.3 is 14.3 Å². The number of hydrogen-bond acceptors (Lipinski definition) is 6. The lowest BCUT2D eigenvalue weighted by molar-refractivity contribution is 0.435. The number of nitrogens with zero attached hydrogens (tertiary/aromatic N) is 5. The Morgan fingerprint density at radius 1 is 0.690 bits per heavy atom. The average Bonchev–Trinajstić information content (AvgIpc) is 3.51. The average molecular weight is 430 g/mol. The molecular weight excluding hydrogens is 409 g/mol. The van der Waals surface area contributed by atoms with E-state index < -0.39 is 0 Å². The summed E-state index contributed by atoms with van der Waals surface area (Å²) in [6.07, 6.45) is 3.78. The van der Waals surface area contributed by atoms with Gasteiger partial charge in [0.05, 0.1) is 25.8 Å². The van der Waals surface area contributed by atoms with Gasteiger partial charge in [0.2, 0.25) is 0 Å². The van der Waals surface area contributed by atoms with E-state index in [-0.39, 0.29) is 24.8 Å². The zero-order chi connectivity index (χ0) is 18.1. The summed E-state index contributed by atoms with van der Waals surface area (Å²) in [6, 6.07) is 18.6. The largest absolute Gasteiger partial charge is 0.356 e. The van der Waals surface area contributed by atoms with E-state index in [1.54, 1.807) is 0 Å². The van der Waals surface area contributed by atoms with Crippen LogP contribution in [0.4, 0.5) is 11.4 Å². The van der Waals surface area contributed by atoms with Crippen LogP contribution in [0.15, 0.2) is 69.1 Å². The summed E-state index contributed by atoms with van der Waals surface area (Å²) in [6.45, 7) is 3.59. The van der Waals surface area contributed by atoms with E-state index in [0.29, 0.717) is 0 Å². The molecule has 0 saturated heterocycles. The minimum Gasteiger partial charge on any atom is -0.356 e. The second-order valence-electron chi connectivity index (χ2n) is 6.60. The van der Waals surface area contributed by atoms with E-state index in [1.165, 1.54) is 0 Å². The van der Waals surface area contributed by atoms with E-state index in [4.69, 9.17) is 4.52 Å². The van der Waals surface area contributed by atoms with Gasteiger partial charge in [-0.1, -0.05) is 17.3 Å². The number of halogens is 2. The summed E-state index contributed by atoms with van der Waals surface area (Å²) in [5.41, 5.74) is 5.17. The second kappa shape index (κ2) is 9.11. The van der Waals surface area contributed by atoms with Crippen molar-refractivity contribution >= 4 is 48.9 Å². The highest BCUT2D eigenvalue weighted by molar-refractivity contribution is 5.86. The zero-order valence-electron chi connectivity index (χ0n) is 15.6. The molecule has 0 amide bonds. The van der Waals surface area contributed by atoms with Gasteiger partial charge in [-0.15, -0.1) is 24.8 Å². The molecule has 0 radical (unpaired) electrons. The van der Waals surface area contributed by atoms with Crippen molar-refractivity contribution < 1.29 is 4.52 Å². The smallest absolute Gasteiger partial charge is 0.167 e. The molecule has 5 rings (SSSR count). The van der Waals surface area contributed by atoms with E-state index in [2.05, 4.69) is 73.5 Å². The van der Waals surface area contributed by atoms with Crippen molar-refractivity contribution in [2.24, 2.45) is 9.98 Å². The van der Waals surface area contributed by atoms with Crippen molar-refractivity contribution in [3.63, 3.8) is 0 Å². The molecule has 2 aliphatic rings. The third-order valence-corrected chi connectivity index (χ3v) is 4.87. The van der Waals surface area contributed by atoms with Gasteiger partial charge in [0.15, 0.2) is 5.76 Å². The summed E-state index contributed by atoms with van der Waals surface area (Å²) in [7, 11) is 0. The zero-order valence-corrected chi connectivity index (χ0v) is 17.3. The Bertz CT molecular complexity index is 919. The molecule has 2 aromatic carbocycles. The normalized spacial score (nSPS) is 14.8. The van der Waals surface area contributed by atoms with Gasteiger partial charge in [0.1, 0.15) is 5.69 Å². The number of rotatable bonds is 4. The van der Waals surface area contributed by atoms with Crippen LogP contribution in [0, 0.1) is 0 Å². The molecule has 6 nitrogen and oxygen atoms in total. The molecular formula is C21H21Cl2N5O. The molecule has 0 N–H and O–H groups in total. The summed E-state index contributed by atoms with van der Waals surface area (Å²) in [5.74, 6) is 0.766. The number of anilines is 2. The topological polar surface area (TPSA) is 57.2 Å². The van der Waals surface area contributed by atoms with Crippen LogP contribution >= 0.6 is 24.8 Å². The lowest BCUT2D eigenvalue weighted by Crippen LogP contribution is -2.17. The molecule has 3 heterocycles. The Kier molecular flexibility index (Phi) is 6.56. The number of benzene rings is 2. The minimum absolute atomic E-state index is 0. The standard InChI is InChI=1S/C21H19N5O.2ClH/c1-5-18(25-11-9-22-14-25)6-2-16(1)20-13-21(27-24-20)17-3-7-19(8-4-17)26-12-10-23-15-26;;/h1-8,13-15H,9-12H2;2*1H.